The maximum absolute atomic E-state index is 5.67. The fourth-order valence-electron chi connectivity index (χ4n) is 4.47. The monoisotopic (exact) mass is 375 g/mol. The fourth-order valence-corrected chi connectivity index (χ4v) is 4.47. The fraction of sp³-hybridized carbons (Fsp3) is 0.800. The highest BCUT2D eigenvalue weighted by Crippen LogP contribution is 2.23. The first kappa shape index (κ1) is 18.9. The summed E-state index contributed by atoms with van der Waals surface area (Å²) in [5.41, 5.74) is 0. The number of likely N-dealkylation sites (tertiary alicyclic amines) is 1. The molecule has 150 valence electrons. The molecule has 4 rings (SSSR count). The van der Waals surface area contributed by atoms with Crippen molar-refractivity contribution in [2.24, 2.45) is 5.92 Å². The SMILES string of the molecule is CN(c1ccnc(N2CCOCC2)n1)C1CCCN(CC2CCCOC2)C1. The van der Waals surface area contributed by atoms with Gasteiger partial charge in [-0.05, 0) is 44.2 Å². The van der Waals surface area contributed by atoms with Gasteiger partial charge in [0.05, 0.1) is 19.8 Å². The Labute approximate surface area is 162 Å². The number of hydrogen-bond acceptors (Lipinski definition) is 7. The van der Waals surface area contributed by atoms with Crippen molar-refractivity contribution in [1.29, 1.82) is 0 Å². The summed E-state index contributed by atoms with van der Waals surface area (Å²) < 4.78 is 11.1. The zero-order valence-electron chi connectivity index (χ0n) is 16.6. The van der Waals surface area contributed by atoms with E-state index in [1.807, 2.05) is 12.3 Å². The van der Waals surface area contributed by atoms with Crippen LogP contribution in [0.2, 0.25) is 0 Å². The standard InChI is InChI=1S/C20H33N5O2/c1-23(19-6-7-21-20(22-19)25-9-12-26-13-10-25)18-5-2-8-24(15-18)14-17-4-3-11-27-16-17/h6-7,17-18H,2-5,8-16H2,1H3. The van der Waals surface area contributed by atoms with Crippen molar-refractivity contribution in [3.63, 3.8) is 0 Å². The van der Waals surface area contributed by atoms with Crippen LogP contribution in [0.15, 0.2) is 12.3 Å². The Morgan fingerprint density at radius 1 is 1.11 bits per heavy atom. The maximum atomic E-state index is 5.67. The summed E-state index contributed by atoms with van der Waals surface area (Å²) >= 11 is 0. The average Bonchev–Trinajstić information content (AvgIpc) is 2.75. The van der Waals surface area contributed by atoms with Crippen LogP contribution in [-0.4, -0.2) is 87.1 Å². The lowest BCUT2D eigenvalue weighted by Gasteiger charge is -2.40. The van der Waals surface area contributed by atoms with Gasteiger partial charge in [0.25, 0.3) is 0 Å². The van der Waals surface area contributed by atoms with Gasteiger partial charge >= 0.3 is 0 Å². The van der Waals surface area contributed by atoms with E-state index in [1.54, 1.807) is 0 Å². The van der Waals surface area contributed by atoms with Gasteiger partial charge in [-0.2, -0.15) is 4.98 Å². The van der Waals surface area contributed by atoms with Crippen molar-refractivity contribution in [2.45, 2.75) is 31.7 Å². The molecule has 3 aliphatic rings. The number of likely N-dealkylation sites (N-methyl/N-ethyl adjacent to an activating group) is 1. The molecule has 0 aliphatic carbocycles. The van der Waals surface area contributed by atoms with E-state index in [-0.39, 0.29) is 0 Å². The predicted molar refractivity (Wildman–Crippen MR) is 106 cm³/mol. The van der Waals surface area contributed by atoms with Gasteiger partial charge in [0.2, 0.25) is 5.95 Å². The zero-order valence-corrected chi connectivity index (χ0v) is 16.6. The molecule has 3 aliphatic heterocycles. The van der Waals surface area contributed by atoms with E-state index in [2.05, 4.69) is 26.7 Å². The average molecular weight is 376 g/mol. The summed E-state index contributed by atoms with van der Waals surface area (Å²) in [4.78, 5) is 16.6. The molecule has 0 amide bonds. The first-order valence-corrected chi connectivity index (χ1v) is 10.5. The van der Waals surface area contributed by atoms with Crippen molar-refractivity contribution in [2.75, 3.05) is 76.0 Å². The minimum absolute atomic E-state index is 0.510. The second-order valence-corrected chi connectivity index (χ2v) is 8.06. The van der Waals surface area contributed by atoms with Crippen molar-refractivity contribution < 1.29 is 9.47 Å². The quantitative estimate of drug-likeness (QED) is 0.775. The van der Waals surface area contributed by atoms with Crippen LogP contribution >= 0.6 is 0 Å². The highest BCUT2D eigenvalue weighted by molar-refractivity contribution is 5.44. The number of piperidine rings is 1. The molecule has 2 unspecified atom stereocenters. The van der Waals surface area contributed by atoms with Crippen molar-refractivity contribution >= 4 is 11.8 Å². The second-order valence-electron chi connectivity index (χ2n) is 8.06. The Kier molecular flexibility index (Phi) is 6.42. The predicted octanol–water partition coefficient (Wildman–Crippen LogP) is 1.64. The Morgan fingerprint density at radius 2 is 2.00 bits per heavy atom. The van der Waals surface area contributed by atoms with Gasteiger partial charge in [0.1, 0.15) is 5.82 Å². The van der Waals surface area contributed by atoms with E-state index in [0.29, 0.717) is 12.0 Å². The van der Waals surface area contributed by atoms with E-state index in [1.165, 1.54) is 38.8 Å². The van der Waals surface area contributed by atoms with E-state index < -0.39 is 0 Å². The Balaban J connectivity index is 1.37. The van der Waals surface area contributed by atoms with Crippen molar-refractivity contribution in [3.8, 4) is 0 Å². The van der Waals surface area contributed by atoms with Crippen LogP contribution in [-0.2, 0) is 9.47 Å². The number of morpholine rings is 1. The van der Waals surface area contributed by atoms with Crippen LogP contribution in [0, 0.1) is 5.92 Å². The minimum atomic E-state index is 0.510. The van der Waals surface area contributed by atoms with Gasteiger partial charge < -0.3 is 24.2 Å². The molecule has 0 aromatic carbocycles. The van der Waals surface area contributed by atoms with E-state index >= 15 is 0 Å². The number of hydrogen-bond donors (Lipinski definition) is 0. The third-order valence-corrected chi connectivity index (χ3v) is 6.08. The number of nitrogens with zero attached hydrogens (tertiary/aromatic N) is 5. The second kappa shape index (κ2) is 9.17. The molecule has 0 saturated carbocycles. The molecule has 7 heteroatoms. The molecular weight excluding hydrogens is 342 g/mol. The molecule has 2 atom stereocenters. The van der Waals surface area contributed by atoms with Crippen molar-refractivity contribution in [1.82, 2.24) is 14.9 Å². The first-order valence-electron chi connectivity index (χ1n) is 10.5. The molecule has 0 spiro atoms. The summed E-state index contributed by atoms with van der Waals surface area (Å²) in [6, 6.07) is 2.55. The Hall–Kier alpha value is -1.44. The topological polar surface area (TPSA) is 54.0 Å². The van der Waals surface area contributed by atoms with E-state index in [0.717, 1.165) is 57.8 Å². The largest absolute Gasteiger partial charge is 0.381 e. The van der Waals surface area contributed by atoms with Crippen LogP contribution in [0.1, 0.15) is 25.7 Å². The molecule has 0 N–H and O–H groups in total. The molecule has 3 saturated heterocycles. The summed E-state index contributed by atoms with van der Waals surface area (Å²) in [5.74, 6) is 2.56. The van der Waals surface area contributed by atoms with Gasteiger partial charge in [0.15, 0.2) is 0 Å². The normalized spacial score (nSPS) is 27.5. The lowest BCUT2D eigenvalue weighted by molar-refractivity contribution is 0.0341. The van der Waals surface area contributed by atoms with Gasteiger partial charge in [-0.25, -0.2) is 4.98 Å². The molecule has 1 aromatic rings. The third-order valence-electron chi connectivity index (χ3n) is 6.08. The highest BCUT2D eigenvalue weighted by atomic mass is 16.5. The summed E-state index contributed by atoms with van der Waals surface area (Å²) in [5, 5.41) is 0. The number of aromatic nitrogens is 2. The van der Waals surface area contributed by atoms with Crippen LogP contribution < -0.4 is 9.80 Å². The minimum Gasteiger partial charge on any atom is -0.381 e. The summed E-state index contributed by atoms with van der Waals surface area (Å²) in [6.07, 6.45) is 6.90. The molecule has 7 nitrogen and oxygen atoms in total. The van der Waals surface area contributed by atoms with Crippen LogP contribution in [0.5, 0.6) is 0 Å². The van der Waals surface area contributed by atoms with Gasteiger partial charge in [-0.3, -0.25) is 0 Å². The smallest absolute Gasteiger partial charge is 0.227 e. The zero-order chi connectivity index (χ0) is 18.5. The molecule has 3 fully saturated rings. The third kappa shape index (κ3) is 4.89. The molecule has 4 heterocycles. The molecule has 1 aromatic heterocycles. The molecule has 0 bridgehead atoms. The van der Waals surface area contributed by atoms with Crippen LogP contribution in [0.4, 0.5) is 11.8 Å². The lowest BCUT2D eigenvalue weighted by atomic mass is 9.98. The first-order chi connectivity index (χ1) is 13.3. The lowest BCUT2D eigenvalue weighted by Crippen LogP contribution is -2.48. The molecule has 0 radical (unpaired) electrons. The van der Waals surface area contributed by atoms with Gasteiger partial charge in [-0.15, -0.1) is 0 Å². The maximum Gasteiger partial charge on any atom is 0.227 e. The summed E-state index contributed by atoms with van der Waals surface area (Å²) in [6.45, 7) is 8.63. The molecule has 27 heavy (non-hydrogen) atoms. The van der Waals surface area contributed by atoms with Crippen molar-refractivity contribution in [3.05, 3.63) is 12.3 Å². The van der Waals surface area contributed by atoms with Gasteiger partial charge in [-0.1, -0.05) is 0 Å². The summed E-state index contributed by atoms with van der Waals surface area (Å²) in [7, 11) is 2.18. The highest BCUT2D eigenvalue weighted by Gasteiger charge is 2.27. The van der Waals surface area contributed by atoms with Crippen LogP contribution in [0.3, 0.4) is 0 Å². The van der Waals surface area contributed by atoms with E-state index in [4.69, 9.17) is 14.5 Å². The number of anilines is 2. The Bertz CT molecular complexity index is 589. The van der Waals surface area contributed by atoms with Gasteiger partial charge in [0, 0.05) is 52.1 Å². The number of rotatable bonds is 5. The number of ether oxygens (including phenoxy) is 2. The molecular formula is C20H33N5O2. The van der Waals surface area contributed by atoms with Crippen LogP contribution in [0.25, 0.3) is 0 Å². The van der Waals surface area contributed by atoms with E-state index in [9.17, 15) is 0 Å². The Morgan fingerprint density at radius 3 is 2.81 bits per heavy atom.